The highest BCUT2D eigenvalue weighted by Crippen LogP contribution is 2.11. The molecule has 1 aliphatic rings. The zero-order chi connectivity index (χ0) is 9.97. The highest BCUT2D eigenvalue weighted by molar-refractivity contribution is 5.92. The molecule has 0 bridgehead atoms. The van der Waals surface area contributed by atoms with Gasteiger partial charge in [0.05, 0.1) is 25.6 Å². The maximum absolute atomic E-state index is 7.11. The van der Waals surface area contributed by atoms with Gasteiger partial charge in [0, 0.05) is 0 Å². The molecule has 0 amide bonds. The highest BCUT2D eigenvalue weighted by Gasteiger charge is 2.20. The van der Waals surface area contributed by atoms with Crippen molar-refractivity contribution in [3.63, 3.8) is 0 Å². The van der Waals surface area contributed by atoms with Crippen LogP contribution in [0.2, 0.25) is 0 Å². The normalized spacial score (nSPS) is 16.0. The van der Waals surface area contributed by atoms with Crippen LogP contribution < -0.4 is 10.5 Å². The van der Waals surface area contributed by atoms with E-state index in [4.69, 9.17) is 20.6 Å². The van der Waals surface area contributed by atoms with Gasteiger partial charge in [-0.1, -0.05) is 0 Å². The van der Waals surface area contributed by atoms with Gasteiger partial charge in [-0.2, -0.15) is 0 Å². The molecule has 6 nitrogen and oxygen atoms in total. The van der Waals surface area contributed by atoms with Crippen LogP contribution in [0.5, 0.6) is 5.88 Å². The first-order chi connectivity index (χ1) is 6.75. The summed E-state index contributed by atoms with van der Waals surface area (Å²) in [5, 5.41) is 7.11. The van der Waals surface area contributed by atoms with Crippen molar-refractivity contribution >= 4 is 5.84 Å². The smallest absolute Gasteiger partial charge is 0.232 e. The molecule has 14 heavy (non-hydrogen) atoms. The summed E-state index contributed by atoms with van der Waals surface area (Å²) in [4.78, 5) is 7.87. The van der Waals surface area contributed by atoms with Crippen molar-refractivity contribution in [2.75, 3.05) is 13.2 Å². The SMILES string of the molecule is N=C(N)c1cnc(OC2COC2)cn1. The number of hydrogen-bond acceptors (Lipinski definition) is 5. The molecule has 1 saturated heterocycles. The standard InChI is InChI=1S/C8H10N4O2/c9-8(10)6-1-12-7(2-11-6)14-5-3-13-4-5/h1-2,5H,3-4H2,(H3,9,10). The van der Waals surface area contributed by atoms with Gasteiger partial charge in [0.15, 0.2) is 0 Å². The van der Waals surface area contributed by atoms with Gasteiger partial charge < -0.3 is 15.2 Å². The Kier molecular flexibility index (Phi) is 2.28. The fraction of sp³-hybridized carbons (Fsp3) is 0.375. The number of nitrogen functional groups attached to an aromatic ring is 1. The van der Waals surface area contributed by atoms with Gasteiger partial charge >= 0.3 is 0 Å². The maximum Gasteiger partial charge on any atom is 0.232 e. The van der Waals surface area contributed by atoms with Crippen LogP contribution in [0.1, 0.15) is 5.69 Å². The predicted molar refractivity (Wildman–Crippen MR) is 48.3 cm³/mol. The Morgan fingerprint density at radius 2 is 2.29 bits per heavy atom. The van der Waals surface area contributed by atoms with E-state index >= 15 is 0 Å². The first-order valence-electron chi connectivity index (χ1n) is 4.16. The topological polar surface area (TPSA) is 94.1 Å². The Hall–Kier alpha value is -1.69. The molecule has 6 heteroatoms. The molecule has 1 fully saturated rings. The summed E-state index contributed by atoms with van der Waals surface area (Å²) in [6.45, 7) is 1.19. The summed E-state index contributed by atoms with van der Waals surface area (Å²) < 4.78 is 10.3. The van der Waals surface area contributed by atoms with Gasteiger partial charge in [-0.3, -0.25) is 5.41 Å². The summed E-state index contributed by atoms with van der Waals surface area (Å²) in [6, 6.07) is 0. The zero-order valence-corrected chi connectivity index (χ0v) is 7.43. The number of nitrogens with two attached hydrogens (primary N) is 1. The average Bonchev–Trinajstić information content (AvgIpc) is 2.12. The van der Waals surface area contributed by atoms with Crippen LogP contribution in [0.25, 0.3) is 0 Å². The second-order valence-electron chi connectivity index (χ2n) is 2.93. The minimum atomic E-state index is -0.101. The quantitative estimate of drug-likeness (QED) is 0.501. The number of nitrogens with zero attached hydrogens (tertiary/aromatic N) is 2. The van der Waals surface area contributed by atoms with Crippen molar-refractivity contribution in [3.8, 4) is 5.88 Å². The molecule has 3 N–H and O–H groups in total. The second kappa shape index (κ2) is 3.59. The molecule has 1 aliphatic heterocycles. The summed E-state index contributed by atoms with van der Waals surface area (Å²) in [5.41, 5.74) is 5.57. The molecule has 0 atom stereocenters. The third-order valence-corrected chi connectivity index (χ3v) is 1.80. The van der Waals surface area contributed by atoms with E-state index in [0.29, 0.717) is 24.8 Å². The van der Waals surface area contributed by atoms with E-state index in [-0.39, 0.29) is 11.9 Å². The molecular formula is C8H10N4O2. The van der Waals surface area contributed by atoms with E-state index < -0.39 is 0 Å². The van der Waals surface area contributed by atoms with E-state index in [1.807, 2.05) is 0 Å². The third-order valence-electron chi connectivity index (χ3n) is 1.80. The second-order valence-corrected chi connectivity index (χ2v) is 2.93. The number of nitrogens with one attached hydrogen (secondary N) is 1. The van der Waals surface area contributed by atoms with Crippen molar-refractivity contribution in [3.05, 3.63) is 18.1 Å². The summed E-state index contributed by atoms with van der Waals surface area (Å²) >= 11 is 0. The molecule has 2 rings (SSSR count). The van der Waals surface area contributed by atoms with Crippen LogP contribution in [0.4, 0.5) is 0 Å². The van der Waals surface area contributed by atoms with Crippen molar-refractivity contribution < 1.29 is 9.47 Å². The summed E-state index contributed by atoms with van der Waals surface area (Å²) in [7, 11) is 0. The van der Waals surface area contributed by atoms with Gasteiger partial charge in [0.1, 0.15) is 17.6 Å². The largest absolute Gasteiger partial charge is 0.468 e. The van der Waals surface area contributed by atoms with E-state index in [9.17, 15) is 0 Å². The molecule has 0 spiro atoms. The molecule has 0 unspecified atom stereocenters. The lowest BCUT2D eigenvalue weighted by molar-refractivity contribution is -0.0814. The molecule has 74 valence electrons. The molecule has 2 heterocycles. The molecule has 0 radical (unpaired) electrons. The lowest BCUT2D eigenvalue weighted by Crippen LogP contribution is -2.38. The molecule has 0 saturated carbocycles. The van der Waals surface area contributed by atoms with E-state index in [1.54, 1.807) is 0 Å². The average molecular weight is 194 g/mol. The van der Waals surface area contributed by atoms with Crippen molar-refractivity contribution in [1.82, 2.24) is 9.97 Å². The fourth-order valence-corrected chi connectivity index (χ4v) is 0.969. The number of amidine groups is 1. The van der Waals surface area contributed by atoms with Crippen molar-refractivity contribution in [2.24, 2.45) is 5.73 Å². The number of aromatic nitrogens is 2. The fourth-order valence-electron chi connectivity index (χ4n) is 0.969. The Labute approximate surface area is 80.6 Å². The number of rotatable bonds is 3. The predicted octanol–water partition coefficient (Wildman–Crippen LogP) is -0.462. The van der Waals surface area contributed by atoms with E-state index in [0.717, 1.165) is 0 Å². The van der Waals surface area contributed by atoms with Crippen LogP contribution in [0, 0.1) is 5.41 Å². The minimum Gasteiger partial charge on any atom is -0.468 e. The van der Waals surface area contributed by atoms with Gasteiger partial charge in [0.25, 0.3) is 0 Å². The van der Waals surface area contributed by atoms with Crippen LogP contribution in [-0.2, 0) is 4.74 Å². The number of hydrogen-bond donors (Lipinski definition) is 2. The molecule has 0 aliphatic carbocycles. The van der Waals surface area contributed by atoms with Gasteiger partial charge in [0.2, 0.25) is 5.88 Å². The Balaban J connectivity index is 2.01. The van der Waals surface area contributed by atoms with Crippen LogP contribution in [-0.4, -0.2) is 35.1 Å². The first kappa shape index (κ1) is 8.89. The highest BCUT2D eigenvalue weighted by atomic mass is 16.6. The Bertz CT molecular complexity index is 334. The summed E-state index contributed by atoms with van der Waals surface area (Å²) in [6.07, 6.45) is 2.94. The molecule has 1 aromatic heterocycles. The monoisotopic (exact) mass is 194 g/mol. The molecular weight excluding hydrogens is 184 g/mol. The van der Waals surface area contributed by atoms with E-state index in [1.165, 1.54) is 12.4 Å². The van der Waals surface area contributed by atoms with Crippen LogP contribution in [0.15, 0.2) is 12.4 Å². The lowest BCUT2D eigenvalue weighted by Gasteiger charge is -2.25. The van der Waals surface area contributed by atoms with Gasteiger partial charge in [-0.25, -0.2) is 9.97 Å². The first-order valence-corrected chi connectivity index (χ1v) is 4.16. The van der Waals surface area contributed by atoms with Gasteiger partial charge in [-0.15, -0.1) is 0 Å². The minimum absolute atomic E-state index is 0.0764. The van der Waals surface area contributed by atoms with Crippen molar-refractivity contribution in [1.29, 1.82) is 5.41 Å². The number of ether oxygens (including phenoxy) is 2. The third kappa shape index (κ3) is 1.80. The van der Waals surface area contributed by atoms with Crippen LogP contribution in [0.3, 0.4) is 0 Å². The zero-order valence-electron chi connectivity index (χ0n) is 7.43. The maximum atomic E-state index is 7.11. The molecule has 0 aromatic carbocycles. The van der Waals surface area contributed by atoms with Gasteiger partial charge in [-0.05, 0) is 0 Å². The van der Waals surface area contributed by atoms with Crippen LogP contribution >= 0.6 is 0 Å². The van der Waals surface area contributed by atoms with Crippen molar-refractivity contribution in [2.45, 2.75) is 6.10 Å². The summed E-state index contributed by atoms with van der Waals surface area (Å²) in [5.74, 6) is 0.333. The lowest BCUT2D eigenvalue weighted by atomic mass is 10.3. The van der Waals surface area contributed by atoms with E-state index in [2.05, 4.69) is 9.97 Å². The Morgan fingerprint density at radius 3 is 2.71 bits per heavy atom. The molecule has 1 aromatic rings. The Morgan fingerprint density at radius 1 is 1.50 bits per heavy atom.